The van der Waals surface area contributed by atoms with E-state index in [4.69, 9.17) is 21.3 Å². The lowest BCUT2D eigenvalue weighted by Gasteiger charge is -2.27. The molecule has 2 atom stereocenters. The molecule has 3 aromatic carbocycles. The molecule has 0 radical (unpaired) electrons. The van der Waals surface area contributed by atoms with Crippen LogP contribution in [0.3, 0.4) is 0 Å². The summed E-state index contributed by atoms with van der Waals surface area (Å²) in [5, 5.41) is 12.0. The van der Waals surface area contributed by atoms with E-state index in [0.29, 0.717) is 16.3 Å². The third-order valence-electron chi connectivity index (χ3n) is 5.04. The number of carbonyl (C=O) groups is 1. The van der Waals surface area contributed by atoms with Crippen LogP contribution in [0.5, 0.6) is 0 Å². The van der Waals surface area contributed by atoms with E-state index in [-0.39, 0.29) is 0 Å². The van der Waals surface area contributed by atoms with Crippen molar-refractivity contribution in [3.63, 3.8) is 0 Å². The van der Waals surface area contributed by atoms with Crippen LogP contribution >= 0.6 is 11.6 Å². The van der Waals surface area contributed by atoms with Crippen LogP contribution in [0.4, 0.5) is 0 Å². The zero-order valence-corrected chi connectivity index (χ0v) is 20.1. The second-order valence-electron chi connectivity index (χ2n) is 8.83. The number of nitrogens with zero attached hydrogens (tertiary/aromatic N) is 2. The molecule has 3 rings (SSSR count). The maximum Gasteiger partial charge on any atom is 0.332 e. The Labute approximate surface area is 204 Å². The molecule has 0 N–H and O–H groups in total. The third-order valence-corrected chi connectivity index (χ3v) is 5.39. The van der Waals surface area contributed by atoms with Gasteiger partial charge in [-0.3, -0.25) is 15.1 Å². The van der Waals surface area contributed by atoms with Crippen LogP contribution in [0.15, 0.2) is 89.9 Å². The van der Waals surface area contributed by atoms with Crippen LogP contribution in [0.2, 0.25) is 5.02 Å². The summed E-state index contributed by atoms with van der Waals surface area (Å²) >= 11 is 6.43. The first-order valence-corrected chi connectivity index (χ1v) is 11.3. The van der Waals surface area contributed by atoms with Gasteiger partial charge in [0.2, 0.25) is 6.54 Å². The number of benzene rings is 3. The highest BCUT2D eigenvalue weighted by atomic mass is 35.5. The quantitative estimate of drug-likeness (QED) is 0.173. The van der Waals surface area contributed by atoms with Crippen molar-refractivity contribution in [2.24, 2.45) is 4.99 Å². The standard InChI is InChI=1S/C27H27ClN2O4/c1-27(2,3)34-26(31)25(22(18-30(32)33)21-16-10-11-17-23(21)28)29-24(19-12-6-4-7-13-19)20-14-8-5-9-15-20/h4-17,22,25H,18H2,1-3H3/t22-,25+/m0/s1. The van der Waals surface area contributed by atoms with E-state index < -0.39 is 35.0 Å². The number of aliphatic imine (C=N–C) groups is 1. The van der Waals surface area contributed by atoms with Crippen LogP contribution in [-0.2, 0) is 9.53 Å². The minimum absolute atomic E-state index is 0.332. The predicted molar refractivity (Wildman–Crippen MR) is 134 cm³/mol. The van der Waals surface area contributed by atoms with Crippen molar-refractivity contribution in [3.05, 3.63) is 117 Å². The summed E-state index contributed by atoms with van der Waals surface area (Å²) in [7, 11) is 0. The van der Waals surface area contributed by atoms with Gasteiger partial charge in [-0.05, 0) is 32.4 Å². The molecule has 3 aromatic rings. The van der Waals surface area contributed by atoms with Crippen molar-refractivity contribution >= 4 is 23.3 Å². The van der Waals surface area contributed by atoms with Crippen molar-refractivity contribution < 1.29 is 14.5 Å². The molecule has 0 aliphatic carbocycles. The highest BCUT2D eigenvalue weighted by molar-refractivity contribution is 6.31. The molecular weight excluding hydrogens is 452 g/mol. The van der Waals surface area contributed by atoms with Crippen LogP contribution in [0.25, 0.3) is 0 Å². The Morgan fingerprint density at radius 2 is 1.44 bits per heavy atom. The van der Waals surface area contributed by atoms with Gasteiger partial charge in [-0.1, -0.05) is 90.5 Å². The highest BCUT2D eigenvalue weighted by Gasteiger charge is 2.38. The molecule has 0 saturated carbocycles. The molecule has 0 aliphatic rings. The van der Waals surface area contributed by atoms with Gasteiger partial charge in [-0.15, -0.1) is 0 Å². The average Bonchev–Trinajstić information content (AvgIpc) is 2.79. The Balaban J connectivity index is 2.24. The van der Waals surface area contributed by atoms with Crippen molar-refractivity contribution in [1.82, 2.24) is 0 Å². The van der Waals surface area contributed by atoms with Gasteiger partial charge in [0, 0.05) is 21.1 Å². The van der Waals surface area contributed by atoms with Crippen LogP contribution < -0.4 is 0 Å². The van der Waals surface area contributed by atoms with E-state index >= 15 is 0 Å². The van der Waals surface area contributed by atoms with Gasteiger partial charge in [0.25, 0.3) is 0 Å². The lowest BCUT2D eigenvalue weighted by Crippen LogP contribution is -2.38. The molecule has 0 bridgehead atoms. The molecule has 0 unspecified atom stereocenters. The van der Waals surface area contributed by atoms with Gasteiger partial charge in [-0.25, -0.2) is 4.79 Å². The van der Waals surface area contributed by atoms with Gasteiger partial charge in [-0.2, -0.15) is 0 Å². The number of hydrogen-bond acceptors (Lipinski definition) is 5. The summed E-state index contributed by atoms with van der Waals surface area (Å²) in [5.41, 5.74) is 1.77. The van der Waals surface area contributed by atoms with Gasteiger partial charge >= 0.3 is 5.97 Å². The molecule has 0 heterocycles. The fourth-order valence-corrected chi connectivity index (χ4v) is 3.90. The SMILES string of the molecule is CC(C)(C)OC(=O)[C@H](N=C(c1ccccc1)c1ccccc1)[C@@H](C[N+](=O)[O-])c1ccccc1Cl. The Hall–Kier alpha value is -3.51. The number of esters is 1. The maximum absolute atomic E-state index is 13.5. The second-order valence-corrected chi connectivity index (χ2v) is 9.24. The average molecular weight is 479 g/mol. The largest absolute Gasteiger partial charge is 0.458 e. The smallest absolute Gasteiger partial charge is 0.332 e. The summed E-state index contributed by atoms with van der Waals surface area (Å²) in [6.45, 7) is 4.71. The van der Waals surface area contributed by atoms with E-state index in [0.717, 1.165) is 11.1 Å². The summed E-state index contributed by atoms with van der Waals surface area (Å²) in [4.78, 5) is 29.6. The number of hydrogen-bond donors (Lipinski definition) is 0. The third kappa shape index (κ3) is 6.75. The molecule has 6 nitrogen and oxygen atoms in total. The zero-order valence-electron chi connectivity index (χ0n) is 19.4. The maximum atomic E-state index is 13.5. The van der Waals surface area contributed by atoms with E-state index in [1.165, 1.54) is 0 Å². The first-order valence-electron chi connectivity index (χ1n) is 10.9. The Kier molecular flexibility index (Phi) is 8.18. The topological polar surface area (TPSA) is 81.8 Å². The predicted octanol–water partition coefficient (Wildman–Crippen LogP) is 5.95. The molecule has 0 fully saturated rings. The number of halogens is 1. The van der Waals surface area contributed by atoms with Gasteiger partial charge < -0.3 is 4.74 Å². The summed E-state index contributed by atoms with van der Waals surface area (Å²) in [6, 6.07) is 24.4. The molecule has 34 heavy (non-hydrogen) atoms. The summed E-state index contributed by atoms with van der Waals surface area (Å²) in [5.74, 6) is -1.58. The van der Waals surface area contributed by atoms with Crippen LogP contribution in [-0.4, -0.2) is 34.8 Å². The van der Waals surface area contributed by atoms with Crippen molar-refractivity contribution in [1.29, 1.82) is 0 Å². The number of ether oxygens (including phenoxy) is 1. The molecule has 0 saturated heterocycles. The Morgan fingerprint density at radius 1 is 0.941 bits per heavy atom. The molecule has 0 aromatic heterocycles. The fraction of sp³-hybridized carbons (Fsp3) is 0.259. The molecule has 7 heteroatoms. The van der Waals surface area contributed by atoms with Crippen LogP contribution in [0, 0.1) is 10.1 Å². The van der Waals surface area contributed by atoms with Crippen molar-refractivity contribution in [2.75, 3.05) is 6.54 Å². The lowest BCUT2D eigenvalue weighted by molar-refractivity contribution is -0.483. The van der Waals surface area contributed by atoms with E-state index in [9.17, 15) is 14.9 Å². The van der Waals surface area contributed by atoms with Crippen molar-refractivity contribution in [2.45, 2.75) is 38.3 Å². The monoisotopic (exact) mass is 478 g/mol. The highest BCUT2D eigenvalue weighted by Crippen LogP contribution is 2.31. The first-order chi connectivity index (χ1) is 16.2. The fourth-order valence-electron chi connectivity index (χ4n) is 3.62. The van der Waals surface area contributed by atoms with Crippen molar-refractivity contribution in [3.8, 4) is 0 Å². The minimum Gasteiger partial charge on any atom is -0.458 e. The minimum atomic E-state index is -1.19. The Bertz CT molecular complexity index is 1120. The van der Waals surface area contributed by atoms with Gasteiger partial charge in [0.1, 0.15) is 5.60 Å². The molecular formula is C27H27ClN2O4. The van der Waals surface area contributed by atoms with E-state index in [1.807, 2.05) is 60.7 Å². The molecule has 176 valence electrons. The summed E-state index contributed by atoms with van der Waals surface area (Å²) < 4.78 is 5.68. The number of nitro groups is 1. The Morgan fingerprint density at radius 3 is 1.91 bits per heavy atom. The van der Waals surface area contributed by atoms with E-state index in [2.05, 4.69) is 0 Å². The molecule has 0 spiro atoms. The lowest BCUT2D eigenvalue weighted by atomic mass is 9.90. The first kappa shape index (κ1) is 25.1. The summed E-state index contributed by atoms with van der Waals surface area (Å²) in [6.07, 6.45) is 0. The van der Waals surface area contributed by atoms with Gasteiger partial charge in [0.15, 0.2) is 6.04 Å². The normalized spacial score (nSPS) is 12.9. The van der Waals surface area contributed by atoms with E-state index in [1.54, 1.807) is 45.0 Å². The number of carbonyl (C=O) groups excluding carboxylic acids is 1. The zero-order chi connectivity index (χ0) is 24.7. The molecule has 0 amide bonds. The van der Waals surface area contributed by atoms with Crippen LogP contribution in [0.1, 0.15) is 43.4 Å². The number of rotatable bonds is 8. The van der Waals surface area contributed by atoms with Gasteiger partial charge in [0.05, 0.1) is 11.6 Å². The molecule has 0 aliphatic heterocycles. The second kappa shape index (κ2) is 11.1.